The van der Waals surface area contributed by atoms with Gasteiger partial charge in [0, 0.05) is 33.7 Å². The number of hydrogen-bond donors (Lipinski definition) is 1. The molecule has 1 N–H and O–H groups in total. The van der Waals surface area contributed by atoms with Crippen LogP contribution in [0.25, 0.3) is 32.8 Å². The van der Waals surface area contributed by atoms with Crippen LogP contribution in [0.5, 0.6) is 17.4 Å². The van der Waals surface area contributed by atoms with Gasteiger partial charge in [0.2, 0.25) is 11.8 Å². The molecular weight excluding hydrogens is 512 g/mol. The molecule has 3 heterocycles. The van der Waals surface area contributed by atoms with E-state index < -0.39 is 0 Å². The number of rotatable bonds is 3. The minimum Gasteiger partial charge on any atom is -0.506 e. The maximum atomic E-state index is 10.5. The fraction of sp³-hybridized carbons (Fsp3) is 0.200. The Morgan fingerprint density at radius 1 is 0.927 bits per heavy atom. The third kappa shape index (κ3) is 3.78. The Bertz CT molecular complexity index is 2060. The molecule has 6 heteroatoms. The standard InChI is InChI=1S/C35H28N2O4/c1-19-14-20-12-13-29(36-31(20)26(38)15-19)39-22-16-25(30-24-10-6-7-11-27(24)40-28(30)17-22)34-37-32-23-9-5-4-8-21(23)18-35(2,3)33(32)41-34/h4-17,32-33,38H,18H2,1-3H3/t32-,33+/m0/s1. The van der Waals surface area contributed by atoms with Crippen LogP contribution < -0.4 is 4.74 Å². The Hall–Kier alpha value is -4.84. The van der Waals surface area contributed by atoms with Crippen LogP contribution in [0.2, 0.25) is 0 Å². The molecule has 6 aromatic rings. The van der Waals surface area contributed by atoms with Crippen LogP contribution in [0.4, 0.5) is 0 Å². The molecule has 6 nitrogen and oxygen atoms in total. The Morgan fingerprint density at radius 2 is 1.76 bits per heavy atom. The van der Waals surface area contributed by atoms with E-state index in [0.717, 1.165) is 39.3 Å². The number of para-hydroxylation sites is 1. The zero-order valence-electron chi connectivity index (χ0n) is 23.0. The van der Waals surface area contributed by atoms with Gasteiger partial charge in [0.15, 0.2) is 0 Å². The van der Waals surface area contributed by atoms with Gasteiger partial charge in [0.25, 0.3) is 0 Å². The first-order chi connectivity index (χ1) is 19.8. The molecule has 2 atom stereocenters. The molecule has 0 radical (unpaired) electrons. The van der Waals surface area contributed by atoms with Gasteiger partial charge < -0.3 is 19.0 Å². The molecule has 2 aliphatic rings. The summed E-state index contributed by atoms with van der Waals surface area (Å²) < 4.78 is 19.3. The van der Waals surface area contributed by atoms with Crippen molar-refractivity contribution in [3.63, 3.8) is 0 Å². The smallest absolute Gasteiger partial charge is 0.219 e. The van der Waals surface area contributed by atoms with Crippen molar-refractivity contribution in [3.05, 3.63) is 107 Å². The number of aryl methyl sites for hydroxylation is 1. The zero-order chi connectivity index (χ0) is 27.9. The van der Waals surface area contributed by atoms with E-state index >= 15 is 0 Å². The highest BCUT2D eigenvalue weighted by molar-refractivity contribution is 6.17. The molecule has 4 aromatic carbocycles. The van der Waals surface area contributed by atoms with Crippen LogP contribution in [-0.2, 0) is 11.2 Å². The lowest BCUT2D eigenvalue weighted by atomic mass is 9.70. The summed E-state index contributed by atoms with van der Waals surface area (Å²) in [6.07, 6.45) is 0.846. The number of pyridine rings is 1. The largest absolute Gasteiger partial charge is 0.506 e. The predicted molar refractivity (Wildman–Crippen MR) is 160 cm³/mol. The molecule has 1 aliphatic heterocycles. The number of aromatic nitrogens is 1. The Labute approximate surface area is 236 Å². The van der Waals surface area contributed by atoms with Crippen LogP contribution in [-0.4, -0.2) is 22.1 Å². The second-order valence-corrected chi connectivity index (χ2v) is 11.8. The number of aromatic hydroxyl groups is 1. The Morgan fingerprint density at radius 3 is 2.66 bits per heavy atom. The number of hydrogen-bond acceptors (Lipinski definition) is 6. The highest BCUT2D eigenvalue weighted by Gasteiger charge is 2.48. The number of furan rings is 1. The third-order valence-electron chi connectivity index (χ3n) is 8.37. The molecular formula is C35H28N2O4. The number of phenolic OH excluding ortho intramolecular Hbond substituents is 1. The first kappa shape index (κ1) is 24.0. The molecule has 0 fully saturated rings. The molecule has 0 saturated heterocycles. The maximum absolute atomic E-state index is 10.5. The fourth-order valence-corrected chi connectivity index (χ4v) is 6.52. The lowest BCUT2D eigenvalue weighted by Crippen LogP contribution is -2.40. The predicted octanol–water partition coefficient (Wildman–Crippen LogP) is 8.41. The second-order valence-electron chi connectivity index (χ2n) is 11.8. The van der Waals surface area contributed by atoms with E-state index in [1.165, 1.54) is 11.1 Å². The maximum Gasteiger partial charge on any atom is 0.219 e. The Balaban J connectivity index is 1.28. The van der Waals surface area contributed by atoms with E-state index in [4.69, 9.17) is 18.9 Å². The van der Waals surface area contributed by atoms with E-state index in [-0.39, 0.29) is 23.3 Å². The van der Waals surface area contributed by atoms with Crippen molar-refractivity contribution >= 4 is 38.7 Å². The highest BCUT2D eigenvalue weighted by Crippen LogP contribution is 2.49. The number of ether oxygens (including phenoxy) is 2. The van der Waals surface area contributed by atoms with Crippen molar-refractivity contribution in [2.75, 3.05) is 0 Å². The van der Waals surface area contributed by atoms with Crippen molar-refractivity contribution in [1.82, 2.24) is 4.98 Å². The lowest BCUT2D eigenvalue weighted by Gasteiger charge is -2.39. The van der Waals surface area contributed by atoms with E-state index in [2.05, 4.69) is 49.2 Å². The number of benzene rings is 4. The van der Waals surface area contributed by atoms with E-state index in [9.17, 15) is 5.11 Å². The summed E-state index contributed by atoms with van der Waals surface area (Å²) in [5.41, 5.74) is 6.20. The zero-order valence-corrected chi connectivity index (χ0v) is 23.0. The summed E-state index contributed by atoms with van der Waals surface area (Å²) in [6.45, 7) is 6.45. The van der Waals surface area contributed by atoms with E-state index in [1.807, 2.05) is 49.4 Å². The van der Waals surface area contributed by atoms with Gasteiger partial charge in [-0.15, -0.1) is 0 Å². The van der Waals surface area contributed by atoms with Gasteiger partial charge in [0.05, 0.1) is 5.56 Å². The summed E-state index contributed by atoms with van der Waals surface area (Å²) in [6, 6.07) is 27.7. The highest BCUT2D eigenvalue weighted by atomic mass is 16.5. The number of phenols is 1. The average Bonchev–Trinajstić information content (AvgIpc) is 3.56. The van der Waals surface area contributed by atoms with Crippen LogP contribution in [0, 0.1) is 12.3 Å². The summed E-state index contributed by atoms with van der Waals surface area (Å²) >= 11 is 0. The van der Waals surface area contributed by atoms with Gasteiger partial charge in [-0.3, -0.25) is 0 Å². The Kier molecular flexibility index (Phi) is 5.02. The molecule has 202 valence electrons. The fourth-order valence-electron chi connectivity index (χ4n) is 6.52. The second kappa shape index (κ2) is 8.58. The minimum atomic E-state index is -0.0919. The van der Waals surface area contributed by atoms with E-state index in [0.29, 0.717) is 28.6 Å². The lowest BCUT2D eigenvalue weighted by molar-refractivity contribution is 0.0538. The van der Waals surface area contributed by atoms with E-state index in [1.54, 1.807) is 12.1 Å². The molecule has 0 bridgehead atoms. The number of nitrogens with zero attached hydrogens (tertiary/aromatic N) is 2. The first-order valence-corrected chi connectivity index (χ1v) is 13.9. The topological polar surface area (TPSA) is 77.1 Å². The van der Waals surface area contributed by atoms with Gasteiger partial charge in [-0.05, 0) is 60.4 Å². The van der Waals surface area contributed by atoms with Gasteiger partial charge >= 0.3 is 0 Å². The molecule has 2 aromatic heterocycles. The summed E-state index contributed by atoms with van der Waals surface area (Å²) in [5, 5.41) is 13.3. The van der Waals surface area contributed by atoms with Crippen molar-refractivity contribution in [3.8, 4) is 17.4 Å². The quantitative estimate of drug-likeness (QED) is 0.244. The normalized spacial score (nSPS) is 19.1. The summed E-state index contributed by atoms with van der Waals surface area (Å²) in [5.74, 6) is 1.63. The minimum absolute atomic E-state index is 0.0845. The monoisotopic (exact) mass is 540 g/mol. The third-order valence-corrected chi connectivity index (χ3v) is 8.37. The first-order valence-electron chi connectivity index (χ1n) is 13.9. The van der Waals surface area contributed by atoms with Gasteiger partial charge in [-0.25, -0.2) is 9.98 Å². The SMILES string of the molecule is Cc1cc(O)c2nc(Oc3cc(C4=N[C@H]5c6ccccc6CC(C)(C)[C@@H]5O4)c4c(c3)oc3ccccc34)ccc2c1. The molecule has 8 rings (SSSR count). The average molecular weight is 541 g/mol. The summed E-state index contributed by atoms with van der Waals surface area (Å²) in [4.78, 5) is 9.81. The number of fused-ring (bicyclic) bond motifs is 7. The number of aliphatic imine (C=N–C) groups is 1. The van der Waals surface area contributed by atoms with Crippen LogP contribution in [0.3, 0.4) is 0 Å². The van der Waals surface area contributed by atoms with Crippen molar-refractivity contribution in [1.29, 1.82) is 0 Å². The molecule has 0 spiro atoms. The molecule has 0 amide bonds. The van der Waals surface area contributed by atoms with Gasteiger partial charge in [-0.2, -0.15) is 0 Å². The van der Waals surface area contributed by atoms with Gasteiger partial charge in [0.1, 0.15) is 40.3 Å². The molecule has 1 aliphatic carbocycles. The van der Waals surface area contributed by atoms with Crippen molar-refractivity contribution in [2.24, 2.45) is 10.4 Å². The van der Waals surface area contributed by atoms with Gasteiger partial charge in [-0.1, -0.05) is 56.3 Å². The van der Waals surface area contributed by atoms with Crippen LogP contribution in [0.1, 0.15) is 42.1 Å². The van der Waals surface area contributed by atoms with Crippen molar-refractivity contribution < 1.29 is 19.0 Å². The molecule has 41 heavy (non-hydrogen) atoms. The van der Waals surface area contributed by atoms with Crippen LogP contribution in [0.15, 0.2) is 94.3 Å². The van der Waals surface area contributed by atoms with Crippen molar-refractivity contribution in [2.45, 2.75) is 39.3 Å². The molecule has 0 saturated carbocycles. The van der Waals surface area contributed by atoms with Crippen LogP contribution >= 0.6 is 0 Å². The molecule has 0 unspecified atom stereocenters. The summed E-state index contributed by atoms with van der Waals surface area (Å²) in [7, 11) is 0.